The van der Waals surface area contributed by atoms with Crippen molar-refractivity contribution in [1.82, 2.24) is 4.98 Å². The first-order valence-corrected chi connectivity index (χ1v) is 9.91. The second kappa shape index (κ2) is 7.82. The molecule has 1 N–H and O–H groups in total. The molecule has 2 heterocycles. The van der Waals surface area contributed by atoms with E-state index in [0.717, 1.165) is 32.6 Å². The molecule has 0 aliphatic carbocycles. The normalized spacial score (nSPS) is 11.2. The van der Waals surface area contributed by atoms with Crippen molar-refractivity contribution in [1.29, 1.82) is 0 Å². The number of benzene rings is 2. The molecule has 0 atom stereocenters. The van der Waals surface area contributed by atoms with Crippen molar-refractivity contribution >= 4 is 22.7 Å². The van der Waals surface area contributed by atoms with Gasteiger partial charge in [-0.05, 0) is 55.7 Å². The van der Waals surface area contributed by atoms with Gasteiger partial charge in [0, 0.05) is 5.56 Å². The van der Waals surface area contributed by atoms with E-state index in [1.54, 1.807) is 17.6 Å². The van der Waals surface area contributed by atoms with Crippen LogP contribution in [-0.2, 0) is 0 Å². The number of aromatic nitrogens is 1. The van der Waals surface area contributed by atoms with Crippen molar-refractivity contribution in [2.24, 2.45) is 5.10 Å². The summed E-state index contributed by atoms with van der Waals surface area (Å²) in [6.45, 7) is 6.16. The van der Waals surface area contributed by atoms with Gasteiger partial charge in [0.1, 0.15) is 11.5 Å². The molecule has 5 heteroatoms. The van der Waals surface area contributed by atoms with E-state index in [-0.39, 0.29) is 0 Å². The average Bonchev–Trinajstić information content (AvgIpc) is 3.31. The summed E-state index contributed by atoms with van der Waals surface area (Å²) in [5, 5.41) is 5.02. The quantitative estimate of drug-likeness (QED) is 0.317. The number of aryl methyl sites for hydroxylation is 3. The first-order valence-electron chi connectivity index (χ1n) is 9.09. The van der Waals surface area contributed by atoms with Crippen molar-refractivity contribution in [3.05, 3.63) is 83.3 Å². The third-order valence-electron chi connectivity index (χ3n) is 4.56. The Hall–Kier alpha value is -3.18. The molecule has 2 aromatic carbocycles. The van der Waals surface area contributed by atoms with Gasteiger partial charge in [0.05, 0.1) is 16.8 Å². The lowest BCUT2D eigenvalue weighted by atomic mass is 10.0. The van der Waals surface area contributed by atoms with E-state index in [0.29, 0.717) is 5.76 Å². The molecule has 0 amide bonds. The summed E-state index contributed by atoms with van der Waals surface area (Å²) >= 11 is 1.59. The van der Waals surface area contributed by atoms with Crippen LogP contribution in [0.3, 0.4) is 0 Å². The van der Waals surface area contributed by atoms with Crippen LogP contribution in [0.15, 0.2) is 70.2 Å². The Bertz CT molecular complexity index is 1130. The number of hydrazone groups is 1. The summed E-state index contributed by atoms with van der Waals surface area (Å²) < 4.78 is 5.51. The highest BCUT2D eigenvalue weighted by atomic mass is 32.1. The van der Waals surface area contributed by atoms with E-state index in [1.807, 2.05) is 37.3 Å². The predicted molar refractivity (Wildman–Crippen MR) is 117 cm³/mol. The van der Waals surface area contributed by atoms with Crippen molar-refractivity contribution in [3.8, 4) is 21.7 Å². The van der Waals surface area contributed by atoms with Gasteiger partial charge in [-0.25, -0.2) is 4.98 Å². The van der Waals surface area contributed by atoms with Crippen molar-refractivity contribution in [2.45, 2.75) is 20.8 Å². The van der Waals surface area contributed by atoms with Gasteiger partial charge in [0.15, 0.2) is 0 Å². The van der Waals surface area contributed by atoms with Crippen LogP contribution in [0.5, 0.6) is 0 Å². The smallest absolute Gasteiger partial charge is 0.204 e. The van der Waals surface area contributed by atoms with Crippen LogP contribution >= 0.6 is 11.3 Å². The Labute approximate surface area is 168 Å². The zero-order chi connectivity index (χ0) is 19.5. The van der Waals surface area contributed by atoms with Gasteiger partial charge >= 0.3 is 0 Å². The molecular formula is C23H21N3OS. The van der Waals surface area contributed by atoms with Crippen LogP contribution in [0, 0.1) is 20.8 Å². The molecule has 4 rings (SSSR count). The maximum atomic E-state index is 5.51. The first kappa shape index (κ1) is 18.2. The van der Waals surface area contributed by atoms with Crippen molar-refractivity contribution in [3.63, 3.8) is 0 Å². The summed E-state index contributed by atoms with van der Waals surface area (Å²) in [5.74, 6) is 1.57. The maximum Gasteiger partial charge on any atom is 0.204 e. The van der Waals surface area contributed by atoms with Gasteiger partial charge in [0.2, 0.25) is 5.13 Å². The highest BCUT2D eigenvalue weighted by Crippen LogP contribution is 2.39. The van der Waals surface area contributed by atoms with Gasteiger partial charge in [-0.2, -0.15) is 5.10 Å². The largest absolute Gasteiger partial charge is 0.460 e. The molecule has 140 valence electrons. The minimum absolute atomic E-state index is 0.708. The van der Waals surface area contributed by atoms with Crippen LogP contribution in [0.2, 0.25) is 0 Å². The van der Waals surface area contributed by atoms with E-state index in [4.69, 9.17) is 9.40 Å². The number of hydrogen-bond acceptors (Lipinski definition) is 5. The van der Waals surface area contributed by atoms with Gasteiger partial charge in [-0.15, -0.1) is 0 Å². The summed E-state index contributed by atoms with van der Waals surface area (Å²) in [4.78, 5) is 5.95. The van der Waals surface area contributed by atoms with Crippen LogP contribution < -0.4 is 5.43 Å². The van der Waals surface area contributed by atoms with Gasteiger partial charge in [0.25, 0.3) is 0 Å². The molecule has 0 radical (unpaired) electrons. The highest BCUT2D eigenvalue weighted by Gasteiger charge is 2.15. The molecule has 2 aromatic heterocycles. The fourth-order valence-corrected chi connectivity index (χ4v) is 3.85. The van der Waals surface area contributed by atoms with E-state index in [9.17, 15) is 0 Å². The number of rotatable bonds is 5. The molecule has 0 saturated heterocycles. The van der Waals surface area contributed by atoms with Crippen LogP contribution in [-0.4, -0.2) is 11.2 Å². The number of hydrogen-bond donors (Lipinski definition) is 1. The molecule has 4 aromatic rings. The minimum Gasteiger partial charge on any atom is -0.460 e. The predicted octanol–water partition coefficient (Wildman–Crippen LogP) is 6.44. The molecule has 0 unspecified atom stereocenters. The summed E-state index contributed by atoms with van der Waals surface area (Å²) in [5.41, 5.74) is 8.79. The highest BCUT2D eigenvalue weighted by molar-refractivity contribution is 7.19. The Kier molecular flexibility index (Phi) is 5.08. The standard InChI is InChI=1S/C23H21N3OS/c1-15-9-11-19(13-16(15)2)21-22(18-7-5-4-6-8-18)28-23(25-21)26-24-14-20-12-10-17(3)27-20/h4-14H,1-3H3,(H,25,26)/b24-14-. The zero-order valence-corrected chi connectivity index (χ0v) is 16.9. The van der Waals surface area contributed by atoms with Crippen LogP contribution in [0.25, 0.3) is 21.7 Å². The lowest BCUT2D eigenvalue weighted by molar-refractivity contribution is 0.528. The molecule has 0 bridgehead atoms. The Morgan fingerprint density at radius 2 is 1.75 bits per heavy atom. The Morgan fingerprint density at radius 3 is 2.46 bits per heavy atom. The Balaban J connectivity index is 1.69. The molecule has 0 saturated carbocycles. The second-order valence-electron chi connectivity index (χ2n) is 6.68. The molecule has 0 fully saturated rings. The van der Waals surface area contributed by atoms with Crippen LogP contribution in [0.1, 0.15) is 22.6 Å². The van der Waals surface area contributed by atoms with Crippen molar-refractivity contribution < 1.29 is 4.42 Å². The molecule has 0 aliphatic heterocycles. The molecule has 0 spiro atoms. The van der Waals surface area contributed by atoms with E-state index in [1.165, 1.54) is 11.1 Å². The van der Waals surface area contributed by atoms with Crippen LogP contribution in [0.4, 0.5) is 5.13 Å². The summed E-state index contributed by atoms with van der Waals surface area (Å²) in [6, 6.07) is 20.6. The fraction of sp³-hybridized carbons (Fsp3) is 0.130. The SMILES string of the molecule is Cc1ccc(/C=N\Nc2nc(-c3ccc(C)c(C)c3)c(-c3ccccc3)s2)o1. The number of nitrogens with zero attached hydrogens (tertiary/aromatic N) is 2. The first-order chi connectivity index (χ1) is 13.6. The molecule has 4 nitrogen and oxygen atoms in total. The number of nitrogens with one attached hydrogen (secondary N) is 1. The topological polar surface area (TPSA) is 50.4 Å². The van der Waals surface area contributed by atoms with E-state index >= 15 is 0 Å². The third-order valence-corrected chi connectivity index (χ3v) is 5.57. The van der Waals surface area contributed by atoms with Crippen molar-refractivity contribution in [2.75, 3.05) is 5.43 Å². The van der Waals surface area contributed by atoms with Gasteiger partial charge in [-0.1, -0.05) is 53.8 Å². The second-order valence-corrected chi connectivity index (χ2v) is 7.68. The lowest BCUT2D eigenvalue weighted by Crippen LogP contribution is -1.90. The third kappa shape index (κ3) is 3.89. The number of anilines is 1. The number of furan rings is 1. The van der Waals surface area contributed by atoms with E-state index in [2.05, 4.69) is 54.7 Å². The monoisotopic (exact) mass is 387 g/mol. The van der Waals surface area contributed by atoms with Gasteiger partial charge < -0.3 is 4.42 Å². The fourth-order valence-electron chi connectivity index (χ4n) is 2.91. The van der Waals surface area contributed by atoms with E-state index < -0.39 is 0 Å². The van der Waals surface area contributed by atoms with Gasteiger partial charge in [-0.3, -0.25) is 5.43 Å². The molecular weight excluding hydrogens is 366 g/mol. The minimum atomic E-state index is 0.708. The summed E-state index contributed by atoms with van der Waals surface area (Å²) in [6.07, 6.45) is 1.66. The Morgan fingerprint density at radius 1 is 0.929 bits per heavy atom. The zero-order valence-electron chi connectivity index (χ0n) is 16.1. The summed E-state index contributed by atoms with van der Waals surface area (Å²) in [7, 11) is 0. The molecule has 0 aliphatic rings. The average molecular weight is 388 g/mol. The lowest BCUT2D eigenvalue weighted by Gasteiger charge is -2.05. The molecule has 28 heavy (non-hydrogen) atoms. The number of thiazole rings is 1. The maximum absolute atomic E-state index is 5.51.